The van der Waals surface area contributed by atoms with Gasteiger partial charge in [0.2, 0.25) is 0 Å². The number of carbonyl (C=O) groups is 2. The molecule has 0 radical (unpaired) electrons. The van der Waals surface area contributed by atoms with Gasteiger partial charge >= 0.3 is 12.1 Å². The number of nitrogens with zero attached hydrogens (tertiary/aromatic N) is 3. The van der Waals surface area contributed by atoms with Crippen molar-refractivity contribution in [1.29, 1.82) is 0 Å². The fourth-order valence-electron chi connectivity index (χ4n) is 4.01. The van der Waals surface area contributed by atoms with Crippen molar-refractivity contribution in [2.24, 2.45) is 0 Å². The Bertz CT molecular complexity index is 1180. The maximum Gasteiger partial charge on any atom is 0.407 e. The van der Waals surface area contributed by atoms with E-state index in [1.54, 1.807) is 18.2 Å². The molecule has 2 heterocycles. The zero-order valence-corrected chi connectivity index (χ0v) is 20.0. The predicted octanol–water partition coefficient (Wildman–Crippen LogP) is 4.58. The number of fused-ring (bicyclic) bond motifs is 1. The molecule has 1 amide bonds. The molecule has 8 nitrogen and oxygen atoms in total. The molecule has 0 spiro atoms. The molecular weight excluding hydrogens is 432 g/mol. The highest BCUT2D eigenvalue weighted by molar-refractivity contribution is 5.94. The van der Waals surface area contributed by atoms with Gasteiger partial charge in [-0.2, -0.15) is 0 Å². The van der Waals surface area contributed by atoms with Gasteiger partial charge in [-0.3, -0.25) is 0 Å². The minimum absolute atomic E-state index is 0.0330. The number of nitrogens with one attached hydrogen (secondary N) is 1. The number of anilines is 1. The third-order valence-corrected chi connectivity index (χ3v) is 5.63. The Morgan fingerprint density at radius 1 is 1.00 bits per heavy atom. The van der Waals surface area contributed by atoms with E-state index >= 15 is 0 Å². The number of benzene rings is 2. The van der Waals surface area contributed by atoms with Gasteiger partial charge in [0.05, 0.1) is 23.7 Å². The van der Waals surface area contributed by atoms with E-state index in [9.17, 15) is 9.59 Å². The van der Waals surface area contributed by atoms with Gasteiger partial charge in [-0.1, -0.05) is 30.3 Å². The van der Waals surface area contributed by atoms with Crippen LogP contribution in [0.2, 0.25) is 0 Å². The number of carbonyl (C=O) groups excluding carboxylic acids is 2. The Hall–Kier alpha value is -3.68. The zero-order valence-electron chi connectivity index (χ0n) is 20.0. The van der Waals surface area contributed by atoms with Gasteiger partial charge in [-0.05, 0) is 51.8 Å². The van der Waals surface area contributed by atoms with Crippen molar-refractivity contribution in [3.8, 4) is 11.3 Å². The molecule has 3 aromatic rings. The van der Waals surface area contributed by atoms with Gasteiger partial charge in [0, 0.05) is 24.7 Å². The molecule has 0 saturated carbocycles. The topological polar surface area (TPSA) is 93.7 Å². The van der Waals surface area contributed by atoms with Gasteiger partial charge < -0.3 is 19.7 Å². The first-order valence-electron chi connectivity index (χ1n) is 11.4. The summed E-state index contributed by atoms with van der Waals surface area (Å²) in [7, 11) is 1.36. The van der Waals surface area contributed by atoms with Gasteiger partial charge in [-0.25, -0.2) is 19.6 Å². The number of aromatic nitrogens is 2. The van der Waals surface area contributed by atoms with Gasteiger partial charge in [0.1, 0.15) is 11.3 Å². The number of alkyl carbamates (subject to hydrolysis) is 1. The van der Waals surface area contributed by atoms with Crippen LogP contribution in [0.25, 0.3) is 22.3 Å². The number of piperidine rings is 1. The molecular formula is C26H30N4O4. The van der Waals surface area contributed by atoms with E-state index in [4.69, 9.17) is 19.4 Å². The van der Waals surface area contributed by atoms with Crippen LogP contribution in [0, 0.1) is 0 Å². The van der Waals surface area contributed by atoms with Crippen molar-refractivity contribution < 1.29 is 19.1 Å². The second-order valence-corrected chi connectivity index (χ2v) is 9.36. The lowest BCUT2D eigenvalue weighted by molar-refractivity contribution is 0.0496. The molecule has 1 aromatic heterocycles. The van der Waals surface area contributed by atoms with Crippen molar-refractivity contribution >= 4 is 28.9 Å². The second-order valence-electron chi connectivity index (χ2n) is 9.36. The van der Waals surface area contributed by atoms with Crippen LogP contribution >= 0.6 is 0 Å². The Kier molecular flexibility index (Phi) is 6.68. The minimum atomic E-state index is -0.529. The van der Waals surface area contributed by atoms with E-state index in [1.807, 2.05) is 51.1 Å². The van der Waals surface area contributed by atoms with Crippen LogP contribution in [0.4, 0.5) is 10.6 Å². The summed E-state index contributed by atoms with van der Waals surface area (Å²) >= 11 is 0. The predicted molar refractivity (Wildman–Crippen MR) is 131 cm³/mol. The zero-order chi connectivity index (χ0) is 24.3. The minimum Gasteiger partial charge on any atom is -0.465 e. The molecule has 1 fully saturated rings. The summed E-state index contributed by atoms with van der Waals surface area (Å²) < 4.78 is 10.2. The van der Waals surface area contributed by atoms with Gasteiger partial charge in [-0.15, -0.1) is 0 Å². The Morgan fingerprint density at radius 3 is 2.35 bits per heavy atom. The number of ether oxygens (including phenoxy) is 2. The van der Waals surface area contributed by atoms with Crippen molar-refractivity contribution in [3.05, 3.63) is 54.1 Å². The second kappa shape index (κ2) is 9.67. The molecule has 8 heteroatoms. The number of methoxy groups -OCH3 is 1. The average molecular weight is 463 g/mol. The number of amides is 1. The SMILES string of the molecule is COC(=O)c1ccc2nc(-c3ccccc3)c(N3CCC(NC(=O)OC(C)(C)C)CC3)nc2c1. The van der Waals surface area contributed by atoms with E-state index in [2.05, 4.69) is 10.2 Å². The summed E-state index contributed by atoms with van der Waals surface area (Å²) in [4.78, 5) is 36.2. The molecule has 2 aromatic carbocycles. The van der Waals surface area contributed by atoms with E-state index < -0.39 is 17.7 Å². The van der Waals surface area contributed by atoms with Crippen LogP contribution in [0.3, 0.4) is 0 Å². The normalized spacial score (nSPS) is 14.6. The number of hydrogen-bond donors (Lipinski definition) is 1. The molecule has 0 atom stereocenters. The van der Waals surface area contributed by atoms with Crippen LogP contribution in [0.5, 0.6) is 0 Å². The van der Waals surface area contributed by atoms with Crippen LogP contribution in [-0.2, 0) is 9.47 Å². The first-order valence-corrected chi connectivity index (χ1v) is 11.4. The largest absolute Gasteiger partial charge is 0.465 e. The molecule has 1 N–H and O–H groups in total. The summed E-state index contributed by atoms with van der Waals surface area (Å²) in [5, 5.41) is 2.97. The number of rotatable bonds is 4. The summed E-state index contributed by atoms with van der Waals surface area (Å²) in [5.41, 5.74) is 3.00. The monoisotopic (exact) mass is 462 g/mol. The van der Waals surface area contributed by atoms with E-state index in [1.165, 1.54) is 7.11 Å². The molecule has 0 aliphatic carbocycles. The molecule has 178 valence electrons. The van der Waals surface area contributed by atoms with Gasteiger partial charge in [0.25, 0.3) is 0 Å². The van der Waals surface area contributed by atoms with Gasteiger partial charge in [0.15, 0.2) is 5.82 Å². The van der Waals surface area contributed by atoms with Crippen molar-refractivity contribution in [1.82, 2.24) is 15.3 Å². The van der Waals surface area contributed by atoms with Crippen LogP contribution < -0.4 is 10.2 Å². The van der Waals surface area contributed by atoms with Crippen molar-refractivity contribution in [2.75, 3.05) is 25.1 Å². The highest BCUT2D eigenvalue weighted by atomic mass is 16.6. The highest BCUT2D eigenvalue weighted by Crippen LogP contribution is 2.31. The van der Waals surface area contributed by atoms with E-state index in [0.717, 1.165) is 29.9 Å². The molecule has 0 bridgehead atoms. The molecule has 34 heavy (non-hydrogen) atoms. The molecule has 1 aliphatic heterocycles. The molecule has 4 rings (SSSR count). The maximum atomic E-state index is 12.2. The lowest BCUT2D eigenvalue weighted by atomic mass is 10.0. The summed E-state index contributed by atoms with van der Waals surface area (Å²) in [5.74, 6) is 0.350. The third kappa shape index (κ3) is 5.44. The Labute approximate surface area is 199 Å². The first kappa shape index (κ1) is 23.5. The maximum absolute atomic E-state index is 12.2. The summed E-state index contributed by atoms with van der Waals surface area (Å²) in [6.07, 6.45) is 1.13. The lowest BCUT2D eigenvalue weighted by Crippen LogP contribution is -2.46. The first-order chi connectivity index (χ1) is 16.2. The standard InChI is InChI=1S/C26H30N4O4/c1-26(2,3)34-25(32)27-19-12-14-30(15-13-19)23-22(17-8-6-5-7-9-17)28-20-11-10-18(24(31)33-4)16-21(20)29-23/h5-11,16,19H,12-15H2,1-4H3,(H,27,32). The quantitative estimate of drug-likeness (QED) is 0.567. The van der Waals surface area contributed by atoms with Crippen molar-refractivity contribution in [2.45, 2.75) is 45.3 Å². The molecule has 0 unspecified atom stereocenters. The van der Waals surface area contributed by atoms with Crippen LogP contribution in [0.1, 0.15) is 44.0 Å². The fourth-order valence-corrected chi connectivity index (χ4v) is 4.01. The lowest BCUT2D eigenvalue weighted by Gasteiger charge is -2.34. The summed E-state index contributed by atoms with van der Waals surface area (Å²) in [6, 6.07) is 15.2. The molecule has 1 saturated heterocycles. The molecule has 1 aliphatic rings. The Morgan fingerprint density at radius 2 is 1.71 bits per heavy atom. The number of hydrogen-bond acceptors (Lipinski definition) is 7. The van der Waals surface area contributed by atoms with E-state index in [0.29, 0.717) is 29.7 Å². The van der Waals surface area contributed by atoms with Crippen LogP contribution in [0.15, 0.2) is 48.5 Å². The van der Waals surface area contributed by atoms with Crippen molar-refractivity contribution in [3.63, 3.8) is 0 Å². The van der Waals surface area contributed by atoms with E-state index in [-0.39, 0.29) is 6.04 Å². The Balaban J connectivity index is 1.61. The smallest absolute Gasteiger partial charge is 0.407 e. The fraction of sp³-hybridized carbons (Fsp3) is 0.385. The highest BCUT2D eigenvalue weighted by Gasteiger charge is 2.26. The third-order valence-electron chi connectivity index (χ3n) is 5.63. The summed E-state index contributed by atoms with van der Waals surface area (Å²) in [6.45, 7) is 6.97. The average Bonchev–Trinajstić information content (AvgIpc) is 2.82. The number of esters is 1. The van der Waals surface area contributed by atoms with Crippen LogP contribution in [-0.4, -0.2) is 53.9 Å².